The minimum atomic E-state index is -1.50. The van der Waals surface area contributed by atoms with Gasteiger partial charge in [-0.1, -0.05) is 12.1 Å². The van der Waals surface area contributed by atoms with Gasteiger partial charge in [0.25, 0.3) is 0 Å². The lowest BCUT2D eigenvalue weighted by atomic mass is 10.0. The van der Waals surface area contributed by atoms with Gasteiger partial charge in [0.05, 0.1) is 0 Å². The number of aliphatic hydroxyl groups excluding tert-OH is 1. The van der Waals surface area contributed by atoms with Crippen LogP contribution in [0.15, 0.2) is 36.4 Å². The summed E-state index contributed by atoms with van der Waals surface area (Å²) in [5.74, 6) is -1.51. The molecule has 6 rings (SSSR count). The predicted molar refractivity (Wildman–Crippen MR) is 83.2 cm³/mol. The summed E-state index contributed by atoms with van der Waals surface area (Å²) >= 11 is 0. The summed E-state index contributed by atoms with van der Waals surface area (Å²) in [6, 6.07) is 7.47. The van der Waals surface area contributed by atoms with Crippen LogP contribution in [0.3, 0.4) is 0 Å². The van der Waals surface area contributed by atoms with Crippen molar-refractivity contribution in [2.45, 2.75) is 6.10 Å². The summed E-state index contributed by atoms with van der Waals surface area (Å²) in [7, 11) is 0. The summed E-state index contributed by atoms with van der Waals surface area (Å²) in [5, 5.41) is 10.6. The van der Waals surface area contributed by atoms with Gasteiger partial charge in [0.1, 0.15) is 6.10 Å². The Kier molecular flexibility index (Phi) is 4.05. The van der Waals surface area contributed by atoms with Gasteiger partial charge in [-0.15, -0.1) is 0 Å². The maximum Gasteiger partial charge on any atom is 0.524 e. The lowest BCUT2D eigenvalue weighted by Crippen LogP contribution is -2.23. The quantitative estimate of drug-likeness (QED) is 0.404. The largest absolute Gasteiger partial charge is 0.524 e. The van der Waals surface area contributed by atoms with Crippen LogP contribution in [0, 0.1) is 0 Å². The fraction of sp³-hybridized carbons (Fsp3) is 0.0588. The van der Waals surface area contributed by atoms with E-state index in [1.807, 2.05) is 0 Å². The Hall–Kier alpha value is -4.12. The van der Waals surface area contributed by atoms with Crippen molar-refractivity contribution < 1.29 is 52.7 Å². The lowest BCUT2D eigenvalue weighted by Gasteiger charge is -2.19. The fourth-order valence-electron chi connectivity index (χ4n) is 2.49. The molecule has 4 aliphatic rings. The maximum absolute atomic E-state index is 11.8. The molecule has 0 saturated heterocycles. The number of aliphatic hydroxyl groups is 1. The van der Waals surface area contributed by atoms with E-state index in [9.17, 15) is 24.3 Å². The van der Waals surface area contributed by atoms with Crippen molar-refractivity contribution in [3.8, 4) is 23.0 Å². The molecule has 0 radical (unpaired) electrons. The lowest BCUT2D eigenvalue weighted by molar-refractivity contribution is 0.0761. The molecule has 2 aromatic rings. The summed E-state index contributed by atoms with van der Waals surface area (Å²) in [6.45, 7) is 0. The number of fused-ring (bicyclic) bond motifs is 5. The number of rotatable bonds is 0. The van der Waals surface area contributed by atoms with Gasteiger partial charge in [0, 0.05) is 0 Å². The van der Waals surface area contributed by atoms with E-state index in [0.717, 1.165) is 0 Å². The fourth-order valence-corrected chi connectivity index (χ4v) is 2.49. The zero-order valence-electron chi connectivity index (χ0n) is 13.6. The topological polar surface area (TPSA) is 144 Å². The molecule has 28 heavy (non-hydrogen) atoms. The standard InChI is InChI=1S/C17H8O11/c18-13-7-1-3-9-11(5-7)25-16(21)28-17(22)26-12-6-8(13)2-4-10(12)24-15(20)27-14(19)23-9/h1-6,13,18H. The molecule has 4 aliphatic heterocycles. The van der Waals surface area contributed by atoms with Gasteiger partial charge in [-0.05, 0) is 35.4 Å². The Labute approximate surface area is 154 Å². The highest BCUT2D eigenvalue weighted by Gasteiger charge is 2.27. The van der Waals surface area contributed by atoms with E-state index in [0.29, 0.717) is 0 Å². The van der Waals surface area contributed by atoms with Crippen molar-refractivity contribution in [3.63, 3.8) is 0 Å². The normalized spacial score (nSPS) is 16.5. The van der Waals surface area contributed by atoms with E-state index in [1.54, 1.807) is 0 Å². The molecule has 0 spiro atoms. The van der Waals surface area contributed by atoms with Crippen molar-refractivity contribution in [3.05, 3.63) is 47.5 Å². The second-order valence-corrected chi connectivity index (χ2v) is 5.43. The smallest absolute Gasteiger partial charge is 0.391 e. The first-order valence-corrected chi connectivity index (χ1v) is 7.58. The second kappa shape index (κ2) is 6.55. The molecular formula is C17H8O11. The molecule has 0 unspecified atom stereocenters. The van der Waals surface area contributed by atoms with E-state index in [1.165, 1.54) is 36.4 Å². The van der Waals surface area contributed by atoms with Crippen LogP contribution in [0.25, 0.3) is 0 Å². The van der Waals surface area contributed by atoms with Crippen LogP contribution >= 0.6 is 0 Å². The molecule has 2 aromatic carbocycles. The van der Waals surface area contributed by atoms with Gasteiger partial charge in [-0.2, -0.15) is 0 Å². The van der Waals surface area contributed by atoms with Crippen LogP contribution in [0.5, 0.6) is 23.0 Å². The van der Waals surface area contributed by atoms with Crippen molar-refractivity contribution >= 4 is 24.6 Å². The molecule has 0 amide bonds. The predicted octanol–water partition coefficient (Wildman–Crippen LogP) is 2.82. The van der Waals surface area contributed by atoms with Crippen molar-refractivity contribution in [2.24, 2.45) is 0 Å². The number of carbonyl (C=O) groups excluding carboxylic acids is 4. The molecule has 0 aliphatic carbocycles. The minimum absolute atomic E-state index is 0.239. The molecule has 0 fully saturated rings. The monoisotopic (exact) mass is 388 g/mol. The van der Waals surface area contributed by atoms with Crippen molar-refractivity contribution in [1.29, 1.82) is 0 Å². The van der Waals surface area contributed by atoms with Crippen molar-refractivity contribution in [1.82, 2.24) is 0 Å². The van der Waals surface area contributed by atoms with E-state index in [2.05, 4.69) is 9.47 Å². The molecule has 11 heteroatoms. The zero-order valence-corrected chi connectivity index (χ0v) is 13.6. The number of benzene rings is 2. The molecule has 6 bridgehead atoms. The van der Waals surface area contributed by atoms with Crippen molar-refractivity contribution in [2.75, 3.05) is 0 Å². The van der Waals surface area contributed by atoms with Crippen LogP contribution in [0.2, 0.25) is 0 Å². The van der Waals surface area contributed by atoms with Gasteiger partial charge < -0.3 is 33.5 Å². The molecule has 1 N–H and O–H groups in total. The maximum atomic E-state index is 11.8. The minimum Gasteiger partial charge on any atom is -0.391 e. The zero-order chi connectivity index (χ0) is 19.8. The highest BCUT2D eigenvalue weighted by Crippen LogP contribution is 2.37. The summed E-state index contributed by atoms with van der Waals surface area (Å²) in [6.07, 6.45) is -7.23. The SMILES string of the molecule is O=C1OC(=O)Oc2ccc3cc2OC(=O)OC(=O)Oc2cc(ccc2O1)C3O. The molecule has 142 valence electrons. The first-order valence-electron chi connectivity index (χ1n) is 7.58. The third-order valence-electron chi connectivity index (χ3n) is 3.67. The Balaban J connectivity index is 1.96. The van der Waals surface area contributed by atoms with Gasteiger partial charge in [0.2, 0.25) is 0 Å². The molecule has 0 saturated carbocycles. The molecule has 4 heterocycles. The summed E-state index contributed by atoms with van der Waals surface area (Å²) in [4.78, 5) is 47.2. The number of ether oxygens (including phenoxy) is 6. The number of hydrogen-bond acceptors (Lipinski definition) is 11. The van der Waals surface area contributed by atoms with Crippen LogP contribution in [-0.2, 0) is 9.47 Å². The average molecular weight is 388 g/mol. The highest BCUT2D eigenvalue weighted by atomic mass is 16.8. The Morgan fingerprint density at radius 1 is 0.536 bits per heavy atom. The average Bonchev–Trinajstić information content (AvgIpc) is 2.62. The van der Waals surface area contributed by atoms with Gasteiger partial charge in [-0.3, -0.25) is 0 Å². The van der Waals surface area contributed by atoms with E-state index in [4.69, 9.17) is 18.9 Å². The van der Waals surface area contributed by atoms with Crippen LogP contribution in [0.4, 0.5) is 19.2 Å². The van der Waals surface area contributed by atoms with Crippen LogP contribution < -0.4 is 18.9 Å². The van der Waals surface area contributed by atoms with Crippen LogP contribution in [-0.4, -0.2) is 29.7 Å². The third kappa shape index (κ3) is 3.29. The molecular weight excluding hydrogens is 380 g/mol. The molecule has 0 atom stereocenters. The molecule has 11 nitrogen and oxygen atoms in total. The molecule has 0 aromatic heterocycles. The highest BCUT2D eigenvalue weighted by molar-refractivity contribution is 5.83. The Morgan fingerprint density at radius 3 is 1.29 bits per heavy atom. The number of hydrogen-bond donors (Lipinski definition) is 1. The summed E-state index contributed by atoms with van der Waals surface area (Å²) in [5.41, 5.74) is 0.478. The van der Waals surface area contributed by atoms with Crippen LogP contribution in [0.1, 0.15) is 17.2 Å². The number of carbonyl (C=O) groups is 4. The summed E-state index contributed by atoms with van der Waals surface area (Å²) < 4.78 is 28.0. The first kappa shape index (κ1) is 17.3. The van der Waals surface area contributed by atoms with Gasteiger partial charge >= 0.3 is 24.6 Å². The van der Waals surface area contributed by atoms with E-state index < -0.39 is 42.2 Å². The Bertz CT molecular complexity index is 946. The Morgan fingerprint density at radius 2 is 0.893 bits per heavy atom. The van der Waals surface area contributed by atoms with Gasteiger partial charge in [-0.25, -0.2) is 19.2 Å². The van der Waals surface area contributed by atoms with Gasteiger partial charge in [0.15, 0.2) is 23.0 Å². The second-order valence-electron chi connectivity index (χ2n) is 5.43. The van der Waals surface area contributed by atoms with E-state index in [-0.39, 0.29) is 22.6 Å². The first-order chi connectivity index (χ1) is 13.4. The van der Waals surface area contributed by atoms with E-state index >= 15 is 0 Å². The third-order valence-corrected chi connectivity index (χ3v) is 3.67.